The topological polar surface area (TPSA) is 85.6 Å². The van der Waals surface area contributed by atoms with Gasteiger partial charge in [0.1, 0.15) is 16.9 Å². The SMILES string of the molecule is COc1ccc2oc(=O)c(C(=O)Nc3ccc(C(C)=O)cc3)cc2c1. The summed E-state index contributed by atoms with van der Waals surface area (Å²) < 4.78 is 10.3. The second kappa shape index (κ2) is 6.60. The van der Waals surface area contributed by atoms with Gasteiger partial charge in [-0.25, -0.2) is 4.79 Å². The van der Waals surface area contributed by atoms with Gasteiger partial charge in [0.25, 0.3) is 5.91 Å². The molecule has 0 saturated carbocycles. The van der Waals surface area contributed by atoms with Crippen LogP contribution in [0.4, 0.5) is 5.69 Å². The number of ketones is 1. The molecule has 0 aliphatic carbocycles. The van der Waals surface area contributed by atoms with Gasteiger partial charge in [-0.1, -0.05) is 0 Å². The summed E-state index contributed by atoms with van der Waals surface area (Å²) in [5.41, 5.74) is 0.538. The Bertz CT molecular complexity index is 1020. The molecule has 6 nitrogen and oxygen atoms in total. The maximum absolute atomic E-state index is 12.4. The molecule has 0 aliphatic rings. The van der Waals surface area contributed by atoms with E-state index in [-0.39, 0.29) is 11.3 Å². The van der Waals surface area contributed by atoms with Gasteiger partial charge in [-0.05, 0) is 55.5 Å². The predicted molar refractivity (Wildman–Crippen MR) is 93.4 cm³/mol. The first-order valence-corrected chi connectivity index (χ1v) is 7.52. The molecule has 0 atom stereocenters. The smallest absolute Gasteiger partial charge is 0.349 e. The largest absolute Gasteiger partial charge is 0.497 e. The molecule has 3 rings (SSSR count). The number of nitrogens with one attached hydrogen (secondary N) is 1. The van der Waals surface area contributed by atoms with Crippen molar-refractivity contribution < 1.29 is 18.7 Å². The van der Waals surface area contributed by atoms with E-state index in [1.165, 1.54) is 20.1 Å². The van der Waals surface area contributed by atoms with E-state index in [1.54, 1.807) is 42.5 Å². The lowest BCUT2D eigenvalue weighted by molar-refractivity contribution is 0.101. The maximum atomic E-state index is 12.4. The van der Waals surface area contributed by atoms with E-state index in [4.69, 9.17) is 9.15 Å². The van der Waals surface area contributed by atoms with E-state index < -0.39 is 11.5 Å². The molecule has 0 bridgehead atoms. The zero-order valence-electron chi connectivity index (χ0n) is 13.7. The van der Waals surface area contributed by atoms with Crippen LogP contribution in [0.2, 0.25) is 0 Å². The Morgan fingerprint density at radius 3 is 2.40 bits per heavy atom. The fourth-order valence-corrected chi connectivity index (χ4v) is 2.37. The highest BCUT2D eigenvalue weighted by Crippen LogP contribution is 2.20. The molecule has 1 amide bonds. The minimum atomic E-state index is -0.726. The van der Waals surface area contributed by atoms with Crippen LogP contribution in [0, 0.1) is 0 Å². The molecule has 1 aromatic heterocycles. The number of rotatable bonds is 4. The van der Waals surface area contributed by atoms with Crippen LogP contribution in [-0.2, 0) is 0 Å². The van der Waals surface area contributed by atoms with Crippen LogP contribution in [0.25, 0.3) is 11.0 Å². The van der Waals surface area contributed by atoms with Crippen molar-refractivity contribution in [3.63, 3.8) is 0 Å². The summed E-state index contributed by atoms with van der Waals surface area (Å²) in [6.45, 7) is 1.46. The van der Waals surface area contributed by atoms with Crippen molar-refractivity contribution in [3.05, 3.63) is 70.1 Å². The van der Waals surface area contributed by atoms with Gasteiger partial charge in [-0.2, -0.15) is 0 Å². The first kappa shape index (κ1) is 16.4. The number of hydrogen-bond acceptors (Lipinski definition) is 5. The van der Waals surface area contributed by atoms with Gasteiger partial charge in [0.15, 0.2) is 5.78 Å². The minimum absolute atomic E-state index is 0.0676. The Hall–Kier alpha value is -3.41. The zero-order chi connectivity index (χ0) is 18.0. The number of ether oxygens (including phenoxy) is 1. The van der Waals surface area contributed by atoms with Crippen LogP contribution in [0.1, 0.15) is 27.6 Å². The average molecular weight is 337 g/mol. The lowest BCUT2D eigenvalue weighted by Crippen LogP contribution is -2.20. The second-order valence-electron chi connectivity index (χ2n) is 5.44. The van der Waals surface area contributed by atoms with Crippen molar-refractivity contribution in [2.45, 2.75) is 6.92 Å². The normalized spacial score (nSPS) is 10.5. The van der Waals surface area contributed by atoms with Gasteiger partial charge in [-0.3, -0.25) is 9.59 Å². The maximum Gasteiger partial charge on any atom is 0.349 e. The molecule has 0 fully saturated rings. The number of fused-ring (bicyclic) bond motifs is 1. The van der Waals surface area contributed by atoms with Crippen LogP contribution < -0.4 is 15.7 Å². The van der Waals surface area contributed by atoms with Crippen molar-refractivity contribution >= 4 is 28.3 Å². The molecule has 0 radical (unpaired) electrons. The number of anilines is 1. The Labute approximate surface area is 143 Å². The molecule has 1 N–H and O–H groups in total. The summed E-state index contributed by atoms with van der Waals surface area (Å²) in [6, 6.07) is 12.8. The number of Topliss-reactive ketones (excluding diaryl/α,β-unsaturated/α-hetero) is 1. The lowest BCUT2D eigenvalue weighted by Gasteiger charge is -2.06. The van der Waals surface area contributed by atoms with Crippen LogP contribution in [0.3, 0.4) is 0 Å². The molecule has 2 aromatic carbocycles. The average Bonchev–Trinajstić information content (AvgIpc) is 2.61. The van der Waals surface area contributed by atoms with E-state index in [2.05, 4.69) is 5.32 Å². The van der Waals surface area contributed by atoms with Crippen LogP contribution in [0.5, 0.6) is 5.75 Å². The molecule has 25 heavy (non-hydrogen) atoms. The van der Waals surface area contributed by atoms with Gasteiger partial charge >= 0.3 is 5.63 Å². The van der Waals surface area contributed by atoms with Gasteiger partial charge in [-0.15, -0.1) is 0 Å². The number of amides is 1. The Morgan fingerprint density at radius 1 is 1.04 bits per heavy atom. The fourth-order valence-electron chi connectivity index (χ4n) is 2.37. The van der Waals surface area contributed by atoms with Crippen LogP contribution in [-0.4, -0.2) is 18.8 Å². The molecule has 3 aromatic rings. The summed E-state index contributed by atoms with van der Waals surface area (Å²) in [5.74, 6) is -0.0661. The Kier molecular flexibility index (Phi) is 4.35. The van der Waals surface area contributed by atoms with E-state index in [1.807, 2.05) is 0 Å². The number of carbonyl (C=O) groups is 2. The van der Waals surface area contributed by atoms with E-state index >= 15 is 0 Å². The minimum Gasteiger partial charge on any atom is -0.497 e. The fraction of sp³-hybridized carbons (Fsp3) is 0.105. The summed E-state index contributed by atoms with van der Waals surface area (Å²) >= 11 is 0. The Balaban J connectivity index is 1.91. The number of benzene rings is 2. The highest BCUT2D eigenvalue weighted by molar-refractivity contribution is 6.05. The van der Waals surface area contributed by atoms with Gasteiger partial charge in [0, 0.05) is 16.6 Å². The van der Waals surface area contributed by atoms with Gasteiger partial charge < -0.3 is 14.5 Å². The Morgan fingerprint density at radius 2 is 1.76 bits per heavy atom. The lowest BCUT2D eigenvalue weighted by atomic mass is 10.1. The third-order valence-electron chi connectivity index (χ3n) is 3.73. The molecule has 1 heterocycles. The summed E-state index contributed by atoms with van der Waals surface area (Å²) in [7, 11) is 1.53. The summed E-state index contributed by atoms with van der Waals surface area (Å²) in [5, 5.41) is 3.20. The van der Waals surface area contributed by atoms with E-state index in [0.29, 0.717) is 28.0 Å². The van der Waals surface area contributed by atoms with E-state index in [0.717, 1.165) is 0 Å². The number of hydrogen-bond donors (Lipinski definition) is 1. The van der Waals surface area contributed by atoms with Crippen LogP contribution in [0.15, 0.2) is 57.7 Å². The molecule has 0 saturated heterocycles. The molecular weight excluding hydrogens is 322 g/mol. The quantitative estimate of drug-likeness (QED) is 0.583. The number of carbonyl (C=O) groups excluding carboxylic acids is 2. The van der Waals surface area contributed by atoms with Crippen molar-refractivity contribution in [1.82, 2.24) is 0 Å². The number of methoxy groups -OCH3 is 1. The second-order valence-corrected chi connectivity index (χ2v) is 5.44. The highest BCUT2D eigenvalue weighted by atomic mass is 16.5. The van der Waals surface area contributed by atoms with E-state index in [9.17, 15) is 14.4 Å². The highest BCUT2D eigenvalue weighted by Gasteiger charge is 2.14. The molecule has 0 unspecified atom stereocenters. The molecule has 126 valence electrons. The summed E-state index contributed by atoms with van der Waals surface area (Å²) in [6.07, 6.45) is 0. The van der Waals surface area contributed by atoms with Crippen molar-refractivity contribution in [1.29, 1.82) is 0 Å². The van der Waals surface area contributed by atoms with Gasteiger partial charge in [0.2, 0.25) is 0 Å². The standard InChI is InChI=1S/C19H15NO5/c1-11(21)12-3-5-14(6-4-12)20-18(22)16-10-13-9-15(24-2)7-8-17(13)25-19(16)23/h3-10H,1-2H3,(H,20,22). The van der Waals surface area contributed by atoms with Crippen molar-refractivity contribution in [2.75, 3.05) is 12.4 Å². The van der Waals surface area contributed by atoms with Crippen LogP contribution >= 0.6 is 0 Å². The first-order chi connectivity index (χ1) is 12.0. The first-order valence-electron chi connectivity index (χ1n) is 7.52. The molecule has 0 aliphatic heterocycles. The van der Waals surface area contributed by atoms with Crippen molar-refractivity contribution in [2.24, 2.45) is 0 Å². The third kappa shape index (κ3) is 3.42. The molecule has 0 spiro atoms. The zero-order valence-corrected chi connectivity index (χ0v) is 13.7. The monoisotopic (exact) mass is 337 g/mol. The predicted octanol–water partition coefficient (Wildman–Crippen LogP) is 3.26. The molecule has 6 heteroatoms. The molecular formula is C19H15NO5. The summed E-state index contributed by atoms with van der Waals surface area (Å²) in [4.78, 5) is 35.7. The van der Waals surface area contributed by atoms with Gasteiger partial charge in [0.05, 0.1) is 7.11 Å². The third-order valence-corrected chi connectivity index (χ3v) is 3.73. The van der Waals surface area contributed by atoms with Crippen molar-refractivity contribution in [3.8, 4) is 5.75 Å².